The third-order valence-corrected chi connectivity index (χ3v) is 7.54. The zero-order valence-corrected chi connectivity index (χ0v) is 22.5. The molecular weight excluding hydrogens is 500 g/mol. The second kappa shape index (κ2) is 10.7. The van der Waals surface area contributed by atoms with Gasteiger partial charge in [0.1, 0.15) is 13.2 Å². The highest BCUT2D eigenvalue weighted by atomic mass is 16.6. The molecule has 0 saturated carbocycles. The van der Waals surface area contributed by atoms with E-state index >= 15 is 0 Å². The van der Waals surface area contributed by atoms with Gasteiger partial charge in [0, 0.05) is 46.0 Å². The molecule has 0 aliphatic carbocycles. The standard InChI is InChI=1S/C33H30N4O3/c1-3-36-29-12-8-7-11-27(29)28-19-25(17-18-30(28)36)34-32(38)31-20-26(35-40-2)21-37(31)33(39)24-15-13-23(14-16-24)22-9-5-4-6-10-22/h4-19,31H,3,20-21H2,1-2H3,(H,34,38)/t31-/m0/s1. The highest BCUT2D eigenvalue weighted by molar-refractivity contribution is 6.11. The molecule has 1 fully saturated rings. The zero-order chi connectivity index (χ0) is 27.6. The molecule has 0 bridgehead atoms. The Bertz CT molecular complexity index is 1740. The first-order chi connectivity index (χ1) is 19.6. The van der Waals surface area contributed by atoms with E-state index in [0.717, 1.165) is 39.5 Å². The summed E-state index contributed by atoms with van der Waals surface area (Å²) in [5.74, 6) is -0.475. The van der Waals surface area contributed by atoms with Gasteiger partial charge in [0.2, 0.25) is 5.91 Å². The lowest BCUT2D eigenvalue weighted by Crippen LogP contribution is -2.43. The van der Waals surface area contributed by atoms with Crippen LogP contribution in [0.5, 0.6) is 0 Å². The molecule has 2 amide bonds. The van der Waals surface area contributed by atoms with Crippen molar-refractivity contribution in [3.8, 4) is 11.1 Å². The molecule has 1 saturated heterocycles. The van der Waals surface area contributed by atoms with Crippen molar-refractivity contribution in [3.63, 3.8) is 0 Å². The molecule has 1 aliphatic rings. The number of nitrogens with zero attached hydrogens (tertiary/aromatic N) is 3. The van der Waals surface area contributed by atoms with E-state index in [1.807, 2.05) is 84.9 Å². The second-order valence-corrected chi connectivity index (χ2v) is 9.92. The van der Waals surface area contributed by atoms with E-state index in [1.54, 1.807) is 4.90 Å². The molecule has 1 atom stereocenters. The Hall–Kier alpha value is -4.91. The van der Waals surface area contributed by atoms with Gasteiger partial charge in [-0.2, -0.15) is 0 Å². The second-order valence-electron chi connectivity index (χ2n) is 9.92. The van der Waals surface area contributed by atoms with Gasteiger partial charge in [0.05, 0.1) is 12.3 Å². The van der Waals surface area contributed by atoms with Gasteiger partial charge in [-0.1, -0.05) is 65.8 Å². The Morgan fingerprint density at radius 1 is 0.875 bits per heavy atom. The monoisotopic (exact) mass is 530 g/mol. The van der Waals surface area contributed by atoms with Crippen molar-refractivity contribution in [2.45, 2.75) is 25.9 Å². The molecule has 1 N–H and O–H groups in total. The number of aromatic nitrogens is 1. The quantitative estimate of drug-likeness (QED) is 0.261. The molecule has 0 spiro atoms. The van der Waals surface area contributed by atoms with Crippen LogP contribution in [0.4, 0.5) is 5.69 Å². The van der Waals surface area contributed by atoms with Crippen LogP contribution in [0, 0.1) is 0 Å². The number of oxime groups is 1. The van der Waals surface area contributed by atoms with Crippen molar-refractivity contribution in [1.82, 2.24) is 9.47 Å². The number of nitrogens with one attached hydrogen (secondary N) is 1. The molecule has 1 aliphatic heterocycles. The van der Waals surface area contributed by atoms with Gasteiger partial charge >= 0.3 is 0 Å². The van der Waals surface area contributed by atoms with Gasteiger partial charge in [-0.25, -0.2) is 0 Å². The summed E-state index contributed by atoms with van der Waals surface area (Å²) in [4.78, 5) is 33.8. The van der Waals surface area contributed by atoms with Crippen molar-refractivity contribution in [2.75, 3.05) is 19.0 Å². The number of benzene rings is 4. The van der Waals surface area contributed by atoms with Crippen molar-refractivity contribution in [1.29, 1.82) is 0 Å². The molecule has 6 rings (SSSR count). The summed E-state index contributed by atoms with van der Waals surface area (Å²) >= 11 is 0. The number of hydrogen-bond acceptors (Lipinski definition) is 4. The number of aryl methyl sites for hydroxylation is 1. The Morgan fingerprint density at radius 2 is 1.57 bits per heavy atom. The Morgan fingerprint density at radius 3 is 2.33 bits per heavy atom. The molecule has 2 heterocycles. The fraction of sp³-hybridized carbons (Fsp3) is 0.182. The first kappa shape index (κ1) is 25.4. The number of hydrogen-bond donors (Lipinski definition) is 1. The number of likely N-dealkylation sites (tertiary alicyclic amines) is 1. The minimum atomic E-state index is -0.706. The van der Waals surface area contributed by atoms with E-state index in [-0.39, 0.29) is 18.4 Å². The fourth-order valence-corrected chi connectivity index (χ4v) is 5.65. The molecule has 0 radical (unpaired) electrons. The maximum Gasteiger partial charge on any atom is 0.254 e. The van der Waals surface area contributed by atoms with Gasteiger partial charge in [-0.3, -0.25) is 9.59 Å². The average molecular weight is 531 g/mol. The molecule has 5 aromatic rings. The molecule has 0 unspecified atom stereocenters. The normalized spacial score (nSPS) is 16.1. The van der Waals surface area contributed by atoms with Crippen LogP contribution in [0.15, 0.2) is 102 Å². The third-order valence-electron chi connectivity index (χ3n) is 7.54. The minimum absolute atomic E-state index is 0.220. The highest BCUT2D eigenvalue weighted by Gasteiger charge is 2.38. The van der Waals surface area contributed by atoms with Crippen LogP contribution in [0.25, 0.3) is 32.9 Å². The van der Waals surface area contributed by atoms with Crippen LogP contribution in [0.1, 0.15) is 23.7 Å². The van der Waals surface area contributed by atoms with Gasteiger partial charge in [0.15, 0.2) is 0 Å². The van der Waals surface area contributed by atoms with Gasteiger partial charge in [-0.15, -0.1) is 0 Å². The summed E-state index contributed by atoms with van der Waals surface area (Å²) in [5, 5.41) is 9.35. The largest absolute Gasteiger partial charge is 0.399 e. The summed E-state index contributed by atoms with van der Waals surface area (Å²) in [6, 6.07) is 31.0. The van der Waals surface area contributed by atoms with E-state index < -0.39 is 6.04 Å². The number of rotatable bonds is 6. The summed E-state index contributed by atoms with van der Waals surface area (Å²) in [6.45, 7) is 3.21. The summed E-state index contributed by atoms with van der Waals surface area (Å²) in [7, 11) is 1.47. The lowest BCUT2D eigenvalue weighted by atomic mass is 10.0. The predicted octanol–water partition coefficient (Wildman–Crippen LogP) is 6.34. The SMILES string of the molecule is CCn1c2ccccc2c2cc(NC(=O)[C@@H]3CC(=NOC)CN3C(=O)c3ccc(-c4ccccc4)cc3)ccc21. The topological polar surface area (TPSA) is 75.9 Å². The smallest absolute Gasteiger partial charge is 0.254 e. The summed E-state index contributed by atoms with van der Waals surface area (Å²) in [6.07, 6.45) is 0.310. The van der Waals surface area contributed by atoms with Crippen LogP contribution in [-0.4, -0.2) is 46.7 Å². The van der Waals surface area contributed by atoms with E-state index in [9.17, 15) is 9.59 Å². The summed E-state index contributed by atoms with van der Waals surface area (Å²) < 4.78 is 2.27. The molecule has 7 heteroatoms. The third kappa shape index (κ3) is 4.60. The van der Waals surface area contributed by atoms with Crippen molar-refractivity contribution in [2.24, 2.45) is 5.16 Å². The van der Waals surface area contributed by atoms with Crippen LogP contribution in [-0.2, 0) is 16.2 Å². The van der Waals surface area contributed by atoms with Crippen LogP contribution >= 0.6 is 0 Å². The predicted molar refractivity (Wildman–Crippen MR) is 160 cm³/mol. The van der Waals surface area contributed by atoms with Crippen molar-refractivity contribution < 1.29 is 14.4 Å². The fourth-order valence-electron chi connectivity index (χ4n) is 5.65. The number of carbonyl (C=O) groups excluding carboxylic acids is 2. The van der Waals surface area contributed by atoms with Crippen molar-refractivity contribution in [3.05, 3.63) is 103 Å². The Labute approximate surface area is 232 Å². The lowest BCUT2D eigenvalue weighted by molar-refractivity contribution is -0.119. The molecule has 7 nitrogen and oxygen atoms in total. The summed E-state index contributed by atoms with van der Waals surface area (Å²) in [5.41, 5.74) is 6.24. The van der Waals surface area contributed by atoms with E-state index in [1.165, 1.54) is 7.11 Å². The molecule has 40 heavy (non-hydrogen) atoms. The number of fused-ring (bicyclic) bond motifs is 3. The first-order valence-corrected chi connectivity index (χ1v) is 13.4. The van der Waals surface area contributed by atoms with Crippen molar-refractivity contribution >= 4 is 45.0 Å². The number of anilines is 1. The van der Waals surface area contributed by atoms with Crippen LogP contribution < -0.4 is 5.32 Å². The average Bonchev–Trinajstić information content (AvgIpc) is 3.56. The molecule has 1 aromatic heterocycles. The number of amides is 2. The zero-order valence-electron chi connectivity index (χ0n) is 22.5. The first-order valence-electron chi connectivity index (χ1n) is 13.4. The van der Waals surface area contributed by atoms with Crippen LogP contribution in [0.2, 0.25) is 0 Å². The molecule has 200 valence electrons. The molecular formula is C33H30N4O3. The lowest BCUT2D eigenvalue weighted by Gasteiger charge is -2.23. The van der Waals surface area contributed by atoms with Gasteiger partial charge in [0.25, 0.3) is 5.91 Å². The minimum Gasteiger partial charge on any atom is -0.399 e. The Balaban J connectivity index is 1.27. The van der Waals surface area contributed by atoms with E-state index in [2.05, 4.69) is 34.1 Å². The maximum atomic E-state index is 13.6. The molecule has 4 aromatic carbocycles. The van der Waals surface area contributed by atoms with Gasteiger partial charge in [-0.05, 0) is 54.4 Å². The highest BCUT2D eigenvalue weighted by Crippen LogP contribution is 2.31. The maximum absolute atomic E-state index is 13.6. The van der Waals surface area contributed by atoms with E-state index in [4.69, 9.17) is 4.84 Å². The Kier molecular flexibility index (Phi) is 6.78. The number of para-hydroxylation sites is 1. The van der Waals surface area contributed by atoms with Gasteiger partial charge < -0.3 is 19.6 Å². The number of carbonyl (C=O) groups is 2. The van der Waals surface area contributed by atoms with E-state index in [0.29, 0.717) is 23.4 Å². The van der Waals surface area contributed by atoms with Crippen LogP contribution in [0.3, 0.4) is 0 Å².